The highest BCUT2D eigenvalue weighted by molar-refractivity contribution is 5.33. The van der Waals surface area contributed by atoms with Gasteiger partial charge in [-0.15, -0.1) is 0 Å². The number of nitrogens with zero attached hydrogens (tertiary/aromatic N) is 1. The van der Waals surface area contributed by atoms with Gasteiger partial charge >= 0.3 is 0 Å². The molecule has 20 heavy (non-hydrogen) atoms. The zero-order valence-electron chi connectivity index (χ0n) is 12.2. The summed E-state index contributed by atoms with van der Waals surface area (Å²) in [6.45, 7) is 3.11. The number of likely N-dealkylation sites (N-methyl/N-ethyl adjacent to an activating group) is 1. The molecule has 1 aromatic rings. The average molecular weight is 276 g/mol. The molecule has 0 radical (unpaired) electrons. The molecule has 0 heterocycles. The normalized spacial score (nSPS) is 17.2. The minimum Gasteiger partial charge on any atom is -0.314 e. The molecule has 1 atom stereocenters. The van der Waals surface area contributed by atoms with E-state index >= 15 is 0 Å². The molecule has 0 aliphatic heterocycles. The molecule has 0 amide bonds. The molecule has 0 aromatic heterocycles. The van der Waals surface area contributed by atoms with Crippen molar-refractivity contribution in [1.29, 1.82) is 0 Å². The van der Waals surface area contributed by atoms with Gasteiger partial charge in [0.1, 0.15) is 0 Å². The Morgan fingerprint density at radius 1 is 1.30 bits per heavy atom. The summed E-state index contributed by atoms with van der Waals surface area (Å²) in [6.07, 6.45) is 7.67. The van der Waals surface area contributed by atoms with E-state index in [0.717, 1.165) is 18.9 Å². The molecule has 1 unspecified atom stereocenters. The molecule has 0 bridgehead atoms. The first-order chi connectivity index (χ1) is 9.69. The Hall–Kier alpha value is -1.42. The van der Waals surface area contributed by atoms with Crippen LogP contribution < -0.4 is 5.32 Å². The lowest BCUT2D eigenvalue weighted by molar-refractivity contribution is -0.384. The minimum absolute atomic E-state index is 0.171. The summed E-state index contributed by atoms with van der Waals surface area (Å²) in [4.78, 5) is 10.3. The van der Waals surface area contributed by atoms with Gasteiger partial charge in [0.25, 0.3) is 5.69 Å². The number of non-ortho nitro benzene ring substituents is 1. The van der Waals surface area contributed by atoms with Crippen molar-refractivity contribution in [2.24, 2.45) is 5.92 Å². The number of nitro benzene ring substituents is 1. The fourth-order valence-corrected chi connectivity index (χ4v) is 3.21. The van der Waals surface area contributed by atoms with E-state index in [0.29, 0.717) is 6.04 Å². The molecule has 2 rings (SSSR count). The van der Waals surface area contributed by atoms with Crippen LogP contribution in [0.4, 0.5) is 5.69 Å². The Balaban J connectivity index is 1.93. The Morgan fingerprint density at radius 2 is 1.95 bits per heavy atom. The van der Waals surface area contributed by atoms with Crippen LogP contribution in [0.15, 0.2) is 24.3 Å². The number of hydrogen-bond acceptors (Lipinski definition) is 3. The van der Waals surface area contributed by atoms with Crippen molar-refractivity contribution in [1.82, 2.24) is 5.32 Å². The molecular weight excluding hydrogens is 252 g/mol. The smallest absolute Gasteiger partial charge is 0.269 e. The number of nitrogens with one attached hydrogen (secondary N) is 1. The molecule has 1 aromatic carbocycles. The molecule has 0 spiro atoms. The van der Waals surface area contributed by atoms with Gasteiger partial charge < -0.3 is 5.32 Å². The Bertz CT molecular complexity index is 425. The van der Waals surface area contributed by atoms with Crippen LogP contribution in [0.2, 0.25) is 0 Å². The summed E-state index contributed by atoms with van der Waals surface area (Å²) >= 11 is 0. The number of benzene rings is 1. The second kappa shape index (κ2) is 7.39. The predicted octanol–water partition coefficient (Wildman–Crippen LogP) is 3.70. The first-order valence-corrected chi connectivity index (χ1v) is 7.65. The van der Waals surface area contributed by atoms with Crippen molar-refractivity contribution in [3.8, 4) is 0 Å². The van der Waals surface area contributed by atoms with E-state index in [2.05, 4.69) is 12.2 Å². The standard InChI is InChI=1S/C16H24N2O2/c1-2-17-15(11-13-5-3-4-6-13)12-14-7-9-16(10-8-14)18(19)20/h7-10,13,15,17H,2-6,11-12H2,1H3. The number of nitro groups is 1. The summed E-state index contributed by atoms with van der Waals surface area (Å²) in [6, 6.07) is 7.47. The third-order valence-electron chi connectivity index (χ3n) is 4.21. The summed E-state index contributed by atoms with van der Waals surface area (Å²) in [5, 5.41) is 14.2. The highest BCUT2D eigenvalue weighted by atomic mass is 16.6. The van der Waals surface area contributed by atoms with Crippen LogP contribution in [0.1, 0.15) is 44.6 Å². The quantitative estimate of drug-likeness (QED) is 0.610. The van der Waals surface area contributed by atoms with E-state index in [1.165, 1.54) is 37.7 Å². The molecule has 4 heteroatoms. The molecule has 4 nitrogen and oxygen atoms in total. The minimum atomic E-state index is -0.343. The molecule has 1 N–H and O–H groups in total. The van der Waals surface area contributed by atoms with Gasteiger partial charge in [0, 0.05) is 18.2 Å². The van der Waals surface area contributed by atoms with Crippen LogP contribution in [0.3, 0.4) is 0 Å². The zero-order chi connectivity index (χ0) is 14.4. The lowest BCUT2D eigenvalue weighted by atomic mass is 9.94. The Kier molecular flexibility index (Phi) is 5.53. The maximum Gasteiger partial charge on any atom is 0.269 e. The van der Waals surface area contributed by atoms with Gasteiger partial charge in [-0.05, 0) is 30.9 Å². The van der Waals surface area contributed by atoms with E-state index < -0.39 is 0 Å². The van der Waals surface area contributed by atoms with Gasteiger partial charge in [-0.2, -0.15) is 0 Å². The van der Waals surface area contributed by atoms with Gasteiger partial charge in [0.2, 0.25) is 0 Å². The van der Waals surface area contributed by atoms with Crippen LogP contribution in [0, 0.1) is 16.0 Å². The summed E-state index contributed by atoms with van der Waals surface area (Å²) < 4.78 is 0. The lowest BCUT2D eigenvalue weighted by Gasteiger charge is -2.21. The number of rotatable bonds is 7. The predicted molar refractivity (Wildman–Crippen MR) is 80.8 cm³/mol. The van der Waals surface area contributed by atoms with E-state index in [4.69, 9.17) is 0 Å². The van der Waals surface area contributed by atoms with E-state index in [-0.39, 0.29) is 10.6 Å². The van der Waals surface area contributed by atoms with Crippen LogP contribution in [0.5, 0.6) is 0 Å². The monoisotopic (exact) mass is 276 g/mol. The molecule has 110 valence electrons. The maximum atomic E-state index is 10.7. The van der Waals surface area contributed by atoms with Crippen molar-refractivity contribution in [3.05, 3.63) is 39.9 Å². The lowest BCUT2D eigenvalue weighted by Crippen LogP contribution is -2.32. The highest BCUT2D eigenvalue weighted by Crippen LogP contribution is 2.29. The third kappa shape index (κ3) is 4.30. The van der Waals surface area contributed by atoms with Gasteiger partial charge in [-0.3, -0.25) is 10.1 Å². The van der Waals surface area contributed by atoms with Gasteiger partial charge in [0.05, 0.1) is 4.92 Å². The molecule has 1 fully saturated rings. The van der Waals surface area contributed by atoms with Gasteiger partial charge in [0.15, 0.2) is 0 Å². The highest BCUT2D eigenvalue weighted by Gasteiger charge is 2.20. The second-order valence-corrected chi connectivity index (χ2v) is 5.77. The average Bonchev–Trinajstić information content (AvgIpc) is 2.92. The zero-order valence-corrected chi connectivity index (χ0v) is 12.2. The maximum absolute atomic E-state index is 10.7. The molecule has 0 saturated heterocycles. The fourth-order valence-electron chi connectivity index (χ4n) is 3.21. The molecular formula is C16H24N2O2. The van der Waals surface area contributed by atoms with Crippen molar-refractivity contribution < 1.29 is 4.92 Å². The van der Waals surface area contributed by atoms with E-state index in [1.54, 1.807) is 12.1 Å². The van der Waals surface area contributed by atoms with E-state index in [1.807, 2.05) is 12.1 Å². The van der Waals surface area contributed by atoms with Crippen molar-refractivity contribution >= 4 is 5.69 Å². The van der Waals surface area contributed by atoms with Gasteiger partial charge in [-0.1, -0.05) is 44.7 Å². The SMILES string of the molecule is CCNC(Cc1ccc([N+](=O)[O-])cc1)CC1CCCC1. The van der Waals surface area contributed by atoms with Crippen LogP contribution >= 0.6 is 0 Å². The number of hydrogen-bond donors (Lipinski definition) is 1. The first-order valence-electron chi connectivity index (χ1n) is 7.65. The van der Waals surface area contributed by atoms with Crippen molar-refractivity contribution in [3.63, 3.8) is 0 Å². The van der Waals surface area contributed by atoms with Crippen molar-refractivity contribution in [2.75, 3.05) is 6.54 Å². The summed E-state index contributed by atoms with van der Waals surface area (Å²) in [7, 11) is 0. The molecule has 1 saturated carbocycles. The Morgan fingerprint density at radius 3 is 2.50 bits per heavy atom. The van der Waals surface area contributed by atoms with Crippen LogP contribution in [0.25, 0.3) is 0 Å². The largest absolute Gasteiger partial charge is 0.314 e. The summed E-state index contributed by atoms with van der Waals surface area (Å²) in [5.41, 5.74) is 1.35. The Labute approximate surface area is 120 Å². The fraction of sp³-hybridized carbons (Fsp3) is 0.625. The van der Waals surface area contributed by atoms with Crippen LogP contribution in [-0.2, 0) is 6.42 Å². The third-order valence-corrected chi connectivity index (χ3v) is 4.21. The topological polar surface area (TPSA) is 55.2 Å². The van der Waals surface area contributed by atoms with Crippen LogP contribution in [-0.4, -0.2) is 17.5 Å². The molecule has 1 aliphatic carbocycles. The van der Waals surface area contributed by atoms with Gasteiger partial charge in [-0.25, -0.2) is 0 Å². The second-order valence-electron chi connectivity index (χ2n) is 5.77. The van der Waals surface area contributed by atoms with Crippen molar-refractivity contribution in [2.45, 2.75) is 51.5 Å². The van der Waals surface area contributed by atoms with E-state index in [9.17, 15) is 10.1 Å². The molecule has 1 aliphatic rings. The summed E-state index contributed by atoms with van der Waals surface area (Å²) in [5.74, 6) is 0.858. The first kappa shape index (κ1) is 15.0.